The first-order valence-electron chi connectivity index (χ1n) is 10.1. The van der Waals surface area contributed by atoms with Crippen molar-refractivity contribution in [1.29, 1.82) is 0 Å². The molecule has 0 atom stereocenters. The topological polar surface area (TPSA) is 55.8 Å². The highest BCUT2D eigenvalue weighted by molar-refractivity contribution is 6.30. The third-order valence-corrected chi connectivity index (χ3v) is 5.99. The Morgan fingerprint density at radius 1 is 0.931 bits per heavy atom. The van der Waals surface area contributed by atoms with Crippen molar-refractivity contribution >= 4 is 29.1 Å². The lowest BCUT2D eigenvalue weighted by Crippen LogP contribution is -2.49. The molecular formula is C21H27ClN6O. The summed E-state index contributed by atoms with van der Waals surface area (Å²) in [6, 6.07) is 7.85. The molecule has 8 heteroatoms. The van der Waals surface area contributed by atoms with Crippen molar-refractivity contribution in [2.24, 2.45) is 0 Å². The summed E-state index contributed by atoms with van der Waals surface area (Å²) in [5.74, 6) is 0.739. The number of halogens is 1. The van der Waals surface area contributed by atoms with Gasteiger partial charge in [-0.15, -0.1) is 0 Å². The number of aromatic nitrogens is 2. The number of carbonyl (C=O) groups excluding carboxylic acids is 1. The molecule has 2 saturated heterocycles. The normalized spacial score (nSPS) is 18.2. The smallest absolute Gasteiger partial charge is 0.257 e. The SMILES string of the molecule is Cc1nc(N2CCN(C)CC2)ncc1C(=O)N1CCN(c2ccc(Cl)cc2)CC1. The van der Waals surface area contributed by atoms with E-state index in [-0.39, 0.29) is 5.91 Å². The highest BCUT2D eigenvalue weighted by atomic mass is 35.5. The molecule has 4 rings (SSSR count). The zero-order chi connectivity index (χ0) is 20.4. The second kappa shape index (κ2) is 8.55. The molecule has 0 spiro atoms. The quantitative estimate of drug-likeness (QED) is 0.767. The fourth-order valence-corrected chi connectivity index (χ4v) is 3.94. The van der Waals surface area contributed by atoms with Crippen LogP contribution in [0.25, 0.3) is 0 Å². The number of carbonyl (C=O) groups is 1. The van der Waals surface area contributed by atoms with Gasteiger partial charge in [-0.1, -0.05) is 11.6 Å². The molecule has 2 fully saturated rings. The van der Waals surface area contributed by atoms with Crippen LogP contribution in [0.2, 0.25) is 5.02 Å². The maximum absolute atomic E-state index is 13.0. The molecule has 2 aliphatic rings. The summed E-state index contributed by atoms with van der Waals surface area (Å²) in [5.41, 5.74) is 2.49. The summed E-state index contributed by atoms with van der Waals surface area (Å²) >= 11 is 5.98. The van der Waals surface area contributed by atoms with E-state index in [9.17, 15) is 4.79 Å². The Balaban J connectivity index is 1.39. The number of rotatable bonds is 3. The minimum atomic E-state index is 0.0168. The third kappa shape index (κ3) is 4.46. The van der Waals surface area contributed by atoms with E-state index in [2.05, 4.69) is 31.7 Å². The Hall–Kier alpha value is -2.38. The van der Waals surface area contributed by atoms with Gasteiger partial charge in [0.25, 0.3) is 5.91 Å². The summed E-state index contributed by atoms with van der Waals surface area (Å²) in [6.45, 7) is 8.69. The van der Waals surface area contributed by atoms with Crippen LogP contribution in [0.5, 0.6) is 0 Å². The molecule has 1 aromatic heterocycles. The van der Waals surface area contributed by atoms with Crippen molar-refractivity contribution in [2.75, 3.05) is 69.2 Å². The van der Waals surface area contributed by atoms with Crippen molar-refractivity contribution in [3.8, 4) is 0 Å². The molecule has 0 N–H and O–H groups in total. The molecule has 0 saturated carbocycles. The largest absolute Gasteiger partial charge is 0.368 e. The summed E-state index contributed by atoms with van der Waals surface area (Å²) in [6.07, 6.45) is 1.70. The first kappa shape index (κ1) is 19.9. The second-order valence-electron chi connectivity index (χ2n) is 7.72. The summed E-state index contributed by atoms with van der Waals surface area (Å²) < 4.78 is 0. The summed E-state index contributed by atoms with van der Waals surface area (Å²) in [4.78, 5) is 30.8. The van der Waals surface area contributed by atoms with E-state index in [1.807, 2.05) is 36.1 Å². The van der Waals surface area contributed by atoms with Crippen LogP contribution in [0.1, 0.15) is 16.1 Å². The molecule has 0 bridgehead atoms. The Kier molecular flexibility index (Phi) is 5.87. The van der Waals surface area contributed by atoms with Crippen molar-refractivity contribution in [3.63, 3.8) is 0 Å². The van der Waals surface area contributed by atoms with Crippen LogP contribution in [0.15, 0.2) is 30.5 Å². The fourth-order valence-electron chi connectivity index (χ4n) is 3.81. The van der Waals surface area contributed by atoms with Crippen molar-refractivity contribution < 1.29 is 4.79 Å². The van der Waals surface area contributed by atoms with Crippen LogP contribution in [0, 0.1) is 6.92 Å². The van der Waals surface area contributed by atoms with Gasteiger partial charge in [0, 0.05) is 69.3 Å². The van der Waals surface area contributed by atoms with E-state index in [1.54, 1.807) is 6.20 Å². The monoisotopic (exact) mass is 414 g/mol. The van der Waals surface area contributed by atoms with Crippen molar-refractivity contribution in [3.05, 3.63) is 46.7 Å². The average molecular weight is 415 g/mol. The molecular weight excluding hydrogens is 388 g/mol. The molecule has 2 aliphatic heterocycles. The maximum atomic E-state index is 13.0. The van der Waals surface area contributed by atoms with Crippen LogP contribution in [-0.2, 0) is 0 Å². The molecule has 0 unspecified atom stereocenters. The van der Waals surface area contributed by atoms with Crippen molar-refractivity contribution in [2.45, 2.75) is 6.92 Å². The number of hydrogen-bond acceptors (Lipinski definition) is 6. The predicted octanol–water partition coefficient (Wildman–Crippen LogP) is 2.15. The van der Waals surface area contributed by atoms with Gasteiger partial charge in [0.1, 0.15) is 0 Å². The van der Waals surface area contributed by atoms with Gasteiger partial charge in [0.15, 0.2) is 0 Å². The standard InChI is InChI=1S/C21H27ClN6O/c1-16-19(15-23-21(24-16)28-9-7-25(2)8-10-28)20(29)27-13-11-26(12-14-27)18-5-3-17(22)4-6-18/h3-6,15H,7-14H2,1-2H3. The number of aryl methyl sites for hydroxylation is 1. The van der Waals surface area contributed by atoms with Crippen LogP contribution >= 0.6 is 11.6 Å². The predicted molar refractivity (Wildman–Crippen MR) is 116 cm³/mol. The average Bonchev–Trinajstić information content (AvgIpc) is 2.74. The number of hydrogen-bond donors (Lipinski definition) is 0. The lowest BCUT2D eigenvalue weighted by molar-refractivity contribution is 0.0745. The molecule has 0 radical (unpaired) electrons. The van der Waals surface area contributed by atoms with E-state index in [1.165, 1.54) is 0 Å². The van der Waals surface area contributed by atoms with E-state index < -0.39 is 0 Å². The molecule has 1 amide bonds. The number of piperazine rings is 2. The zero-order valence-corrected chi connectivity index (χ0v) is 17.8. The summed E-state index contributed by atoms with van der Waals surface area (Å²) in [7, 11) is 2.12. The molecule has 1 aromatic carbocycles. The fraction of sp³-hybridized carbons (Fsp3) is 0.476. The maximum Gasteiger partial charge on any atom is 0.257 e. The number of amides is 1. The number of anilines is 2. The molecule has 3 heterocycles. The van der Waals surface area contributed by atoms with Gasteiger partial charge in [0.2, 0.25) is 5.95 Å². The zero-order valence-electron chi connectivity index (χ0n) is 17.0. The lowest BCUT2D eigenvalue weighted by Gasteiger charge is -2.36. The van der Waals surface area contributed by atoms with E-state index in [0.29, 0.717) is 18.7 Å². The van der Waals surface area contributed by atoms with Gasteiger partial charge >= 0.3 is 0 Å². The third-order valence-electron chi connectivity index (χ3n) is 5.74. The lowest BCUT2D eigenvalue weighted by atomic mass is 10.2. The second-order valence-corrected chi connectivity index (χ2v) is 8.15. The van der Waals surface area contributed by atoms with Crippen molar-refractivity contribution in [1.82, 2.24) is 19.8 Å². The van der Waals surface area contributed by atoms with E-state index >= 15 is 0 Å². The molecule has 7 nitrogen and oxygen atoms in total. The van der Waals surface area contributed by atoms with Gasteiger partial charge in [0.05, 0.1) is 11.3 Å². The Labute approximate surface area is 176 Å². The Bertz CT molecular complexity index is 858. The highest BCUT2D eigenvalue weighted by Crippen LogP contribution is 2.21. The Morgan fingerprint density at radius 3 is 2.17 bits per heavy atom. The molecule has 2 aromatic rings. The first-order chi connectivity index (χ1) is 14.0. The number of benzene rings is 1. The Morgan fingerprint density at radius 2 is 1.55 bits per heavy atom. The van der Waals surface area contributed by atoms with Gasteiger partial charge in [-0.3, -0.25) is 4.79 Å². The van der Waals surface area contributed by atoms with E-state index in [0.717, 1.165) is 61.6 Å². The number of likely N-dealkylation sites (N-methyl/N-ethyl adjacent to an activating group) is 1. The van der Waals surface area contributed by atoms with Gasteiger partial charge in [-0.25, -0.2) is 9.97 Å². The molecule has 0 aliphatic carbocycles. The highest BCUT2D eigenvalue weighted by Gasteiger charge is 2.25. The molecule has 29 heavy (non-hydrogen) atoms. The number of nitrogens with zero attached hydrogens (tertiary/aromatic N) is 6. The van der Waals surface area contributed by atoms with Gasteiger partial charge in [-0.05, 0) is 38.2 Å². The molecule has 154 valence electrons. The van der Waals surface area contributed by atoms with Gasteiger partial charge < -0.3 is 19.6 Å². The minimum Gasteiger partial charge on any atom is -0.368 e. The first-order valence-corrected chi connectivity index (χ1v) is 10.5. The van der Waals surface area contributed by atoms with Gasteiger partial charge in [-0.2, -0.15) is 0 Å². The summed E-state index contributed by atoms with van der Waals surface area (Å²) in [5, 5.41) is 0.734. The van der Waals surface area contributed by atoms with Crippen LogP contribution in [0.3, 0.4) is 0 Å². The minimum absolute atomic E-state index is 0.0168. The van der Waals surface area contributed by atoms with Crippen LogP contribution in [-0.4, -0.2) is 85.1 Å². The van der Waals surface area contributed by atoms with Crippen LogP contribution < -0.4 is 9.80 Å². The van der Waals surface area contributed by atoms with E-state index in [4.69, 9.17) is 11.6 Å². The van der Waals surface area contributed by atoms with Crippen LogP contribution in [0.4, 0.5) is 11.6 Å².